The van der Waals surface area contributed by atoms with Crippen LogP contribution in [0.5, 0.6) is 0 Å². The molecule has 0 unspecified atom stereocenters. The van der Waals surface area contributed by atoms with Crippen molar-refractivity contribution in [2.75, 3.05) is 11.9 Å². The van der Waals surface area contributed by atoms with Crippen LogP contribution in [0.1, 0.15) is 12.2 Å². The Labute approximate surface area is 102 Å². The molecule has 0 aliphatic rings. The maximum Gasteiger partial charge on any atom is 0.406 e. The van der Waals surface area contributed by atoms with Crippen molar-refractivity contribution in [2.45, 2.75) is 12.8 Å². The van der Waals surface area contributed by atoms with Crippen LogP contribution in [-0.4, -0.2) is 36.2 Å². The lowest BCUT2D eigenvalue weighted by Gasteiger charge is -2.05. The summed E-state index contributed by atoms with van der Waals surface area (Å²) >= 11 is 0. The summed E-state index contributed by atoms with van der Waals surface area (Å²) in [6.45, 7) is 0.598. The van der Waals surface area contributed by atoms with Gasteiger partial charge in [-0.05, 0) is 16.3 Å². The van der Waals surface area contributed by atoms with Gasteiger partial charge in [-0.1, -0.05) is 0 Å². The van der Waals surface area contributed by atoms with Crippen molar-refractivity contribution in [3.05, 3.63) is 28.6 Å². The highest BCUT2D eigenvalue weighted by molar-refractivity contribution is 5.51. The van der Waals surface area contributed by atoms with Crippen molar-refractivity contribution in [2.24, 2.45) is 7.05 Å². The molecule has 9 heteroatoms. The number of hydrogen-bond donors (Lipinski definition) is 2. The largest absolute Gasteiger partial charge is 0.406 e. The van der Waals surface area contributed by atoms with Gasteiger partial charge in [-0.3, -0.25) is 9.67 Å². The minimum Gasteiger partial charge on any atom is -0.364 e. The van der Waals surface area contributed by atoms with E-state index in [0.717, 1.165) is 18.7 Å². The fraction of sp³-hybridized carbons (Fsp3) is 0.444. The maximum atomic E-state index is 10.7. The van der Waals surface area contributed by atoms with E-state index < -0.39 is 4.92 Å². The van der Waals surface area contributed by atoms with E-state index in [4.69, 9.17) is 0 Å². The molecule has 0 radical (unpaired) electrons. The van der Waals surface area contributed by atoms with Gasteiger partial charge >= 0.3 is 5.82 Å². The minimum atomic E-state index is -0.501. The Morgan fingerprint density at radius 1 is 1.56 bits per heavy atom. The second-order valence-electron chi connectivity index (χ2n) is 3.75. The van der Waals surface area contributed by atoms with Crippen molar-refractivity contribution in [1.29, 1.82) is 0 Å². The number of aromatic nitrogens is 5. The van der Waals surface area contributed by atoms with E-state index >= 15 is 0 Å². The van der Waals surface area contributed by atoms with Crippen molar-refractivity contribution >= 4 is 11.6 Å². The Hall–Kier alpha value is -2.45. The number of nitrogens with zero attached hydrogens (tertiary/aromatic N) is 5. The lowest BCUT2D eigenvalue weighted by Crippen LogP contribution is -2.08. The maximum absolute atomic E-state index is 10.7. The van der Waals surface area contributed by atoms with Gasteiger partial charge in [-0.25, -0.2) is 4.98 Å². The second-order valence-corrected chi connectivity index (χ2v) is 3.75. The molecule has 0 aliphatic carbocycles. The predicted octanol–water partition coefficient (Wildman–Crippen LogP) is 0.491. The molecule has 9 nitrogen and oxygen atoms in total. The molecule has 2 N–H and O–H groups in total. The van der Waals surface area contributed by atoms with Crippen LogP contribution >= 0.6 is 0 Å². The molecule has 0 fully saturated rings. The van der Waals surface area contributed by atoms with Crippen LogP contribution in [0.25, 0.3) is 0 Å². The third-order valence-corrected chi connectivity index (χ3v) is 2.44. The van der Waals surface area contributed by atoms with E-state index in [0.29, 0.717) is 12.4 Å². The quantitative estimate of drug-likeness (QED) is 0.438. The van der Waals surface area contributed by atoms with Crippen LogP contribution in [0.2, 0.25) is 0 Å². The van der Waals surface area contributed by atoms with Gasteiger partial charge in [0.1, 0.15) is 12.2 Å². The van der Waals surface area contributed by atoms with Gasteiger partial charge in [0.05, 0.1) is 0 Å². The van der Waals surface area contributed by atoms with Crippen LogP contribution in [-0.2, 0) is 13.5 Å². The smallest absolute Gasteiger partial charge is 0.364 e. The molecule has 2 aromatic rings. The Morgan fingerprint density at radius 2 is 2.39 bits per heavy atom. The van der Waals surface area contributed by atoms with Crippen molar-refractivity contribution in [3.63, 3.8) is 0 Å². The average molecular weight is 251 g/mol. The molecule has 2 aromatic heterocycles. The average Bonchev–Trinajstić information content (AvgIpc) is 2.94. The third-order valence-electron chi connectivity index (χ3n) is 2.44. The lowest BCUT2D eigenvalue weighted by atomic mass is 10.3. The van der Waals surface area contributed by atoms with E-state index in [9.17, 15) is 10.1 Å². The first-order valence-corrected chi connectivity index (χ1v) is 5.42. The number of imidazole rings is 1. The Bertz CT molecular complexity index is 519. The first-order chi connectivity index (χ1) is 8.68. The van der Waals surface area contributed by atoms with Crippen LogP contribution in [0, 0.1) is 10.1 Å². The molecule has 0 amide bonds. The summed E-state index contributed by atoms with van der Waals surface area (Å²) in [7, 11) is 1.71. The number of hydrogen-bond acceptors (Lipinski definition) is 6. The van der Waals surface area contributed by atoms with Gasteiger partial charge in [0.2, 0.25) is 12.1 Å². The van der Waals surface area contributed by atoms with Gasteiger partial charge in [-0.15, -0.1) is 0 Å². The molecule has 18 heavy (non-hydrogen) atoms. The summed E-state index contributed by atoms with van der Waals surface area (Å²) in [5.74, 6) is 1.06. The second kappa shape index (κ2) is 5.25. The zero-order valence-electron chi connectivity index (χ0n) is 9.83. The summed E-state index contributed by atoms with van der Waals surface area (Å²) in [6.07, 6.45) is 4.39. The van der Waals surface area contributed by atoms with E-state index in [1.165, 1.54) is 12.7 Å². The lowest BCUT2D eigenvalue weighted by molar-refractivity contribution is -0.388. The molecule has 2 rings (SSSR count). The first kappa shape index (κ1) is 12.0. The zero-order valence-corrected chi connectivity index (χ0v) is 9.83. The number of aromatic amines is 1. The number of H-pyrrole nitrogens is 1. The highest BCUT2D eigenvalue weighted by Gasteiger charge is 2.19. The van der Waals surface area contributed by atoms with Gasteiger partial charge < -0.3 is 15.4 Å². The Kier molecular flexibility index (Phi) is 3.51. The molecule has 2 heterocycles. The molecule has 96 valence electrons. The first-order valence-electron chi connectivity index (χ1n) is 5.42. The number of aryl methyl sites for hydroxylation is 2. The summed E-state index contributed by atoms with van der Waals surface area (Å²) in [5, 5.41) is 20.2. The molecule has 0 aliphatic heterocycles. The standard InChI is InChI=1S/C9H13N7O2/c1-15-6-12-9(16(17)18)8(15)10-4-2-3-7-11-5-13-14-7/h5-6,10H,2-4H2,1H3,(H,11,13,14). The van der Waals surface area contributed by atoms with E-state index in [2.05, 4.69) is 25.5 Å². The molecule has 0 spiro atoms. The Balaban J connectivity index is 1.86. The number of nitro groups is 1. The predicted molar refractivity (Wildman–Crippen MR) is 63.1 cm³/mol. The SMILES string of the molecule is Cn1cnc([N+](=O)[O-])c1NCCCc1ncn[nH]1. The van der Waals surface area contributed by atoms with Crippen LogP contribution in [0.15, 0.2) is 12.7 Å². The van der Waals surface area contributed by atoms with E-state index in [1.54, 1.807) is 11.6 Å². The normalized spacial score (nSPS) is 10.5. The van der Waals surface area contributed by atoms with Gasteiger partial charge in [0.15, 0.2) is 0 Å². The number of nitrogens with one attached hydrogen (secondary N) is 2. The summed E-state index contributed by atoms with van der Waals surface area (Å²) in [4.78, 5) is 17.9. The van der Waals surface area contributed by atoms with Gasteiger partial charge in [0, 0.05) is 20.0 Å². The number of rotatable bonds is 6. The zero-order chi connectivity index (χ0) is 13.0. The molecular weight excluding hydrogens is 238 g/mol. The van der Waals surface area contributed by atoms with Crippen LogP contribution in [0.3, 0.4) is 0 Å². The van der Waals surface area contributed by atoms with Crippen molar-refractivity contribution < 1.29 is 4.92 Å². The van der Waals surface area contributed by atoms with Crippen molar-refractivity contribution in [3.8, 4) is 0 Å². The molecular formula is C9H13N7O2. The van der Waals surface area contributed by atoms with E-state index in [1.807, 2.05) is 0 Å². The van der Waals surface area contributed by atoms with Crippen LogP contribution in [0.4, 0.5) is 11.6 Å². The highest BCUT2D eigenvalue weighted by atomic mass is 16.6. The minimum absolute atomic E-state index is 0.155. The monoisotopic (exact) mass is 251 g/mol. The molecule has 0 atom stereocenters. The molecule has 0 bridgehead atoms. The summed E-state index contributed by atoms with van der Waals surface area (Å²) in [6, 6.07) is 0. The van der Waals surface area contributed by atoms with Gasteiger partial charge in [0.25, 0.3) is 0 Å². The highest BCUT2D eigenvalue weighted by Crippen LogP contribution is 2.20. The summed E-state index contributed by atoms with van der Waals surface area (Å²) < 4.78 is 1.59. The molecule has 0 aromatic carbocycles. The summed E-state index contributed by atoms with van der Waals surface area (Å²) in [5.41, 5.74) is 0. The molecule has 0 saturated carbocycles. The van der Waals surface area contributed by atoms with E-state index in [-0.39, 0.29) is 5.82 Å². The van der Waals surface area contributed by atoms with Crippen molar-refractivity contribution in [1.82, 2.24) is 24.7 Å². The Morgan fingerprint density at radius 3 is 3.06 bits per heavy atom. The van der Waals surface area contributed by atoms with Gasteiger partial charge in [-0.2, -0.15) is 5.10 Å². The van der Waals surface area contributed by atoms with Crippen LogP contribution < -0.4 is 5.32 Å². The third kappa shape index (κ3) is 2.62. The topological polar surface area (TPSA) is 115 Å². The fourth-order valence-electron chi connectivity index (χ4n) is 1.57. The number of anilines is 1. The fourth-order valence-corrected chi connectivity index (χ4v) is 1.57. The molecule has 0 saturated heterocycles.